The van der Waals surface area contributed by atoms with E-state index in [1.165, 1.54) is 22.5 Å². The molecule has 0 aliphatic carbocycles. The Kier molecular flexibility index (Phi) is 7.42. The molecule has 0 saturated heterocycles. The smallest absolute Gasteiger partial charge is 0.408 e. The van der Waals surface area contributed by atoms with Crippen LogP contribution in [0, 0.1) is 0 Å². The van der Waals surface area contributed by atoms with Crippen molar-refractivity contribution < 1.29 is 24.2 Å². The summed E-state index contributed by atoms with van der Waals surface area (Å²) in [6, 6.07) is 2.67. The van der Waals surface area contributed by atoms with Gasteiger partial charge in [-0.1, -0.05) is 18.7 Å². The Morgan fingerprint density at radius 1 is 1.41 bits per heavy atom. The van der Waals surface area contributed by atoms with Gasteiger partial charge in [-0.25, -0.2) is 14.6 Å². The number of hydrogen-bond donors (Lipinski definition) is 4. The first-order valence-electron chi connectivity index (χ1n) is 10.2. The fraction of sp³-hybridized carbons (Fsp3) is 0.381. The minimum absolute atomic E-state index is 0.0639. The number of nitrogens with zero attached hydrogens (tertiary/aromatic N) is 3. The lowest BCUT2D eigenvalue weighted by Crippen LogP contribution is -2.43. The molecule has 0 spiro atoms. The number of carboxylic acids is 1. The second kappa shape index (κ2) is 10.4. The number of ether oxygens (including phenoxy) is 1. The van der Waals surface area contributed by atoms with E-state index in [-0.39, 0.29) is 24.3 Å². The first kappa shape index (κ1) is 22.8. The summed E-state index contributed by atoms with van der Waals surface area (Å²) in [6.45, 7) is 4.66. The first-order valence-corrected chi connectivity index (χ1v) is 10.2. The molecule has 2 amide bonds. The van der Waals surface area contributed by atoms with Crippen LogP contribution in [0.1, 0.15) is 33.7 Å². The first-order chi connectivity index (χ1) is 15.4. The molecule has 3 heterocycles. The third-order valence-corrected chi connectivity index (χ3v) is 4.97. The van der Waals surface area contributed by atoms with Crippen LogP contribution in [0.2, 0.25) is 0 Å². The van der Waals surface area contributed by atoms with Crippen molar-refractivity contribution in [3.8, 4) is 0 Å². The van der Waals surface area contributed by atoms with Gasteiger partial charge in [0.15, 0.2) is 0 Å². The van der Waals surface area contributed by atoms with E-state index in [1.54, 1.807) is 0 Å². The molecule has 1 atom stereocenters. The van der Waals surface area contributed by atoms with Crippen molar-refractivity contribution in [2.45, 2.75) is 38.3 Å². The Morgan fingerprint density at radius 2 is 2.22 bits per heavy atom. The van der Waals surface area contributed by atoms with Crippen molar-refractivity contribution >= 4 is 23.8 Å². The molecule has 1 aliphatic heterocycles. The summed E-state index contributed by atoms with van der Waals surface area (Å²) in [5.74, 6) is -1.14. The van der Waals surface area contributed by atoms with Gasteiger partial charge in [0.05, 0.1) is 11.3 Å². The monoisotopic (exact) mass is 442 g/mol. The number of aliphatic carboxylic acids is 1. The number of nitrogens with two attached hydrogens (primary N) is 1. The molecule has 11 nitrogen and oxygen atoms in total. The van der Waals surface area contributed by atoms with Crippen molar-refractivity contribution in [3.63, 3.8) is 0 Å². The number of alkyl carbamates (subject to hydrolysis) is 1. The van der Waals surface area contributed by atoms with E-state index < -0.39 is 24.0 Å². The number of primary amides is 1. The number of hydrogen-bond acceptors (Lipinski definition) is 7. The molecule has 0 bridgehead atoms. The van der Waals surface area contributed by atoms with Crippen LogP contribution in [0.25, 0.3) is 0 Å². The lowest BCUT2D eigenvalue weighted by Gasteiger charge is -2.17. The molecule has 2 aromatic heterocycles. The molecule has 11 heteroatoms. The number of pyridine rings is 1. The zero-order valence-corrected chi connectivity index (χ0v) is 17.5. The molecule has 170 valence electrons. The molecule has 3 rings (SSSR count). The van der Waals surface area contributed by atoms with Crippen LogP contribution in [0.5, 0.6) is 0 Å². The Hall–Kier alpha value is -3.89. The third kappa shape index (κ3) is 5.84. The van der Waals surface area contributed by atoms with Gasteiger partial charge < -0.3 is 26.2 Å². The molecular formula is C21H26N6O5. The molecule has 0 aromatic carbocycles. The second-order valence-electron chi connectivity index (χ2n) is 7.33. The standard InChI is InChI=1S/C21H26N6O5/c1-2-10-32-21(31)25-17(20(29)30)11-16-15(18(22)28)12-27(26-16)9-7-14-6-5-13-4-3-8-23-19(13)24-14/h2,5-6,12,17H,1,3-4,7-11H2,(H2,22,28)(H,23,24)(H,25,31)(H,29,30)/t17-/m0/s1. The summed E-state index contributed by atoms with van der Waals surface area (Å²) >= 11 is 0. The number of carbonyl (C=O) groups excluding carboxylic acids is 2. The molecule has 0 unspecified atom stereocenters. The highest BCUT2D eigenvalue weighted by Gasteiger charge is 2.25. The summed E-state index contributed by atoms with van der Waals surface area (Å²) in [5, 5.41) is 19.3. The molecule has 0 saturated carbocycles. The van der Waals surface area contributed by atoms with Gasteiger partial charge in [-0.2, -0.15) is 5.10 Å². The van der Waals surface area contributed by atoms with Crippen molar-refractivity contribution in [1.29, 1.82) is 0 Å². The van der Waals surface area contributed by atoms with Crippen molar-refractivity contribution in [3.05, 3.63) is 53.5 Å². The minimum Gasteiger partial charge on any atom is -0.480 e. The predicted molar refractivity (Wildman–Crippen MR) is 115 cm³/mol. The van der Waals surface area contributed by atoms with Gasteiger partial charge in [0.2, 0.25) is 0 Å². The number of carbonyl (C=O) groups is 3. The zero-order chi connectivity index (χ0) is 23.1. The summed E-state index contributed by atoms with van der Waals surface area (Å²) in [6.07, 6.45) is 4.33. The van der Waals surface area contributed by atoms with E-state index >= 15 is 0 Å². The average Bonchev–Trinajstić information content (AvgIpc) is 3.18. The third-order valence-electron chi connectivity index (χ3n) is 4.97. The lowest BCUT2D eigenvalue weighted by molar-refractivity contribution is -0.139. The van der Waals surface area contributed by atoms with Gasteiger partial charge in [0, 0.05) is 37.8 Å². The molecule has 2 aromatic rings. The summed E-state index contributed by atoms with van der Waals surface area (Å²) in [7, 11) is 0. The normalized spacial score (nSPS) is 13.4. The van der Waals surface area contributed by atoms with E-state index in [1.807, 2.05) is 6.07 Å². The van der Waals surface area contributed by atoms with E-state index in [0.717, 1.165) is 30.9 Å². The van der Waals surface area contributed by atoms with Crippen LogP contribution in [0.3, 0.4) is 0 Å². The van der Waals surface area contributed by atoms with Gasteiger partial charge in [-0.3, -0.25) is 9.48 Å². The number of aromatic nitrogens is 3. The van der Waals surface area contributed by atoms with Crippen LogP contribution in [0.4, 0.5) is 10.6 Å². The highest BCUT2D eigenvalue weighted by Crippen LogP contribution is 2.20. The Balaban J connectivity index is 1.70. The zero-order valence-electron chi connectivity index (χ0n) is 17.5. The minimum atomic E-state index is -1.35. The molecular weight excluding hydrogens is 416 g/mol. The molecule has 32 heavy (non-hydrogen) atoms. The van der Waals surface area contributed by atoms with Crippen molar-refractivity contribution in [2.24, 2.45) is 5.73 Å². The summed E-state index contributed by atoms with van der Waals surface area (Å²) in [4.78, 5) is 39.8. The number of carboxylic acid groups (broad SMARTS) is 1. The largest absolute Gasteiger partial charge is 0.480 e. The molecule has 0 fully saturated rings. The van der Waals surface area contributed by atoms with Gasteiger partial charge in [0.1, 0.15) is 18.5 Å². The number of nitrogens with one attached hydrogen (secondary N) is 2. The SMILES string of the molecule is C=CCOC(=O)N[C@@H](Cc1nn(CCc2ccc3c(n2)NCCC3)cc1C(N)=O)C(=O)O. The van der Waals surface area contributed by atoms with Crippen LogP contribution in [0.15, 0.2) is 31.0 Å². The fourth-order valence-electron chi connectivity index (χ4n) is 3.38. The maximum atomic E-state index is 11.9. The van der Waals surface area contributed by atoms with Gasteiger partial charge in [-0.05, 0) is 24.5 Å². The Labute approximate surface area is 184 Å². The summed E-state index contributed by atoms with van der Waals surface area (Å²) in [5.41, 5.74) is 7.77. The Morgan fingerprint density at radius 3 is 2.94 bits per heavy atom. The van der Waals surface area contributed by atoms with E-state index in [4.69, 9.17) is 10.5 Å². The molecule has 5 N–H and O–H groups in total. The van der Waals surface area contributed by atoms with Gasteiger partial charge >= 0.3 is 12.1 Å². The lowest BCUT2D eigenvalue weighted by atomic mass is 10.1. The topological polar surface area (TPSA) is 161 Å². The highest BCUT2D eigenvalue weighted by atomic mass is 16.5. The fourth-order valence-corrected chi connectivity index (χ4v) is 3.38. The Bertz CT molecular complexity index is 1020. The maximum Gasteiger partial charge on any atom is 0.408 e. The van der Waals surface area contributed by atoms with Crippen LogP contribution in [-0.2, 0) is 35.3 Å². The molecule has 1 aliphatic rings. The summed E-state index contributed by atoms with van der Waals surface area (Å²) < 4.78 is 6.29. The molecule has 0 radical (unpaired) electrons. The second-order valence-corrected chi connectivity index (χ2v) is 7.33. The number of aryl methyl sites for hydroxylation is 3. The highest BCUT2D eigenvalue weighted by molar-refractivity contribution is 5.94. The van der Waals surface area contributed by atoms with Crippen molar-refractivity contribution in [2.75, 3.05) is 18.5 Å². The average molecular weight is 442 g/mol. The van der Waals surface area contributed by atoms with E-state index in [9.17, 15) is 19.5 Å². The van der Waals surface area contributed by atoms with Crippen LogP contribution in [-0.4, -0.2) is 57.0 Å². The number of amides is 2. The number of anilines is 1. The van der Waals surface area contributed by atoms with Gasteiger partial charge in [0.25, 0.3) is 5.91 Å². The number of fused-ring (bicyclic) bond motifs is 1. The van der Waals surface area contributed by atoms with Gasteiger partial charge in [-0.15, -0.1) is 0 Å². The van der Waals surface area contributed by atoms with E-state index in [2.05, 4.69) is 33.4 Å². The maximum absolute atomic E-state index is 11.9. The van der Waals surface area contributed by atoms with Crippen LogP contribution < -0.4 is 16.4 Å². The van der Waals surface area contributed by atoms with Crippen molar-refractivity contribution in [1.82, 2.24) is 20.1 Å². The van der Waals surface area contributed by atoms with Crippen LogP contribution >= 0.6 is 0 Å². The predicted octanol–water partition coefficient (Wildman–Crippen LogP) is 0.886. The quantitative estimate of drug-likeness (QED) is 0.394. The van der Waals surface area contributed by atoms with E-state index in [0.29, 0.717) is 13.0 Å². The number of rotatable bonds is 10.